The smallest absolute Gasteiger partial charge is 0.303 e. The molecule has 1 amide bonds. The zero-order chi connectivity index (χ0) is 31.3. The Hall–Kier alpha value is -3.52. The number of carboxylic acid groups (broad SMARTS) is 2. The highest BCUT2D eigenvalue weighted by Crippen LogP contribution is 2.44. The van der Waals surface area contributed by atoms with E-state index >= 15 is 4.39 Å². The maximum Gasteiger partial charge on any atom is 0.303 e. The molecule has 11 nitrogen and oxygen atoms in total. The topological polar surface area (TPSA) is 149 Å². The number of likely N-dealkylation sites (tertiary alicyclic amines) is 1. The molecule has 0 radical (unpaired) electrons. The molecule has 232 valence electrons. The largest absolute Gasteiger partial charge is 0.493 e. The number of methoxy groups -OCH3 is 2. The van der Waals surface area contributed by atoms with Gasteiger partial charge < -0.3 is 34.1 Å². The van der Waals surface area contributed by atoms with Crippen LogP contribution in [0.15, 0.2) is 35.2 Å². The first-order valence-corrected chi connectivity index (χ1v) is 14.6. The number of halogens is 2. The third-order valence-electron chi connectivity index (χ3n) is 7.05. The van der Waals surface area contributed by atoms with E-state index in [0.29, 0.717) is 38.3 Å². The van der Waals surface area contributed by atoms with Crippen molar-refractivity contribution in [3.63, 3.8) is 0 Å². The van der Waals surface area contributed by atoms with Gasteiger partial charge in [-0.1, -0.05) is 11.6 Å². The van der Waals surface area contributed by atoms with E-state index in [1.165, 1.54) is 30.5 Å². The fourth-order valence-corrected chi connectivity index (χ4v) is 6.28. The molecule has 0 bridgehead atoms. The van der Waals surface area contributed by atoms with E-state index in [2.05, 4.69) is 0 Å². The summed E-state index contributed by atoms with van der Waals surface area (Å²) in [6, 6.07) is 3.30. The highest BCUT2D eigenvalue weighted by atomic mass is 35.5. The Morgan fingerprint density at radius 2 is 1.77 bits per heavy atom. The van der Waals surface area contributed by atoms with Crippen LogP contribution in [0, 0.1) is 0 Å². The van der Waals surface area contributed by atoms with Crippen molar-refractivity contribution >= 4 is 56.7 Å². The molecule has 1 fully saturated rings. The number of fused-ring (bicyclic) bond motifs is 2. The average Bonchev–Trinajstić information content (AvgIpc) is 3.61. The molecule has 4 rings (SSSR count). The second kappa shape index (κ2) is 14.3. The fourth-order valence-electron chi connectivity index (χ4n) is 4.85. The standard InChI is InChI=1S/C29H31ClFNO10S/c1-39-19-10-15-13-32(23(34)5-7-25(37)38)14-17(15)27(31)29(19)42-9-3-8-41-28-20(40-2)12-21-16(26(28)30)11-22(43-21)18(33)4-6-24(35)36/h10-12,19,29H,3-9,13-14H2,1-2H3,(H,35,36)(H,37,38). The minimum absolute atomic E-state index is 0.0335. The molecule has 2 N–H and O–H groups in total. The zero-order valence-corrected chi connectivity index (χ0v) is 25.1. The summed E-state index contributed by atoms with van der Waals surface area (Å²) >= 11 is 7.80. The van der Waals surface area contributed by atoms with Gasteiger partial charge in [-0.2, -0.15) is 0 Å². The van der Waals surface area contributed by atoms with Crippen LogP contribution in [-0.4, -0.2) is 91.5 Å². The maximum atomic E-state index is 15.5. The second-order valence-corrected chi connectivity index (χ2v) is 11.4. The number of amides is 1. The summed E-state index contributed by atoms with van der Waals surface area (Å²) in [6.45, 7) is 0.465. The molecule has 2 aromatic rings. The molecule has 43 heavy (non-hydrogen) atoms. The minimum Gasteiger partial charge on any atom is -0.493 e. The lowest BCUT2D eigenvalue weighted by atomic mass is 9.95. The number of rotatable bonds is 15. The summed E-state index contributed by atoms with van der Waals surface area (Å²) in [5.74, 6) is -2.69. The molecule has 1 aromatic heterocycles. The van der Waals surface area contributed by atoms with Gasteiger partial charge in [0.15, 0.2) is 17.3 Å². The molecular weight excluding hydrogens is 609 g/mol. The summed E-state index contributed by atoms with van der Waals surface area (Å²) in [5.41, 5.74) is 0.966. The van der Waals surface area contributed by atoms with Gasteiger partial charge in [-0.15, -0.1) is 11.3 Å². The Labute approximate surface area is 255 Å². The molecule has 14 heteroatoms. The third kappa shape index (κ3) is 7.53. The van der Waals surface area contributed by atoms with Crippen molar-refractivity contribution in [2.24, 2.45) is 0 Å². The summed E-state index contributed by atoms with van der Waals surface area (Å²) < 4.78 is 38.8. The van der Waals surface area contributed by atoms with Crippen LogP contribution in [-0.2, 0) is 23.9 Å². The molecule has 1 aromatic carbocycles. The van der Waals surface area contributed by atoms with Crippen molar-refractivity contribution in [2.75, 3.05) is 40.5 Å². The second-order valence-electron chi connectivity index (χ2n) is 9.92. The zero-order valence-electron chi connectivity index (χ0n) is 23.5. The van der Waals surface area contributed by atoms with Gasteiger partial charge in [-0.3, -0.25) is 19.2 Å². The highest BCUT2D eigenvalue weighted by Gasteiger charge is 2.38. The molecule has 1 aliphatic heterocycles. The predicted octanol–water partition coefficient (Wildman–Crippen LogP) is 4.65. The van der Waals surface area contributed by atoms with Crippen LogP contribution in [0.5, 0.6) is 11.5 Å². The number of thiophene rings is 1. The number of nitrogens with zero attached hydrogens (tertiary/aromatic N) is 1. The van der Waals surface area contributed by atoms with Crippen LogP contribution in [0.4, 0.5) is 4.39 Å². The summed E-state index contributed by atoms with van der Waals surface area (Å²) in [7, 11) is 2.89. The predicted molar refractivity (Wildman–Crippen MR) is 155 cm³/mol. The molecule has 2 aliphatic rings. The minimum atomic E-state index is -1.07. The number of Topliss-reactive ketones (excluding diaryl/α,β-unsaturated/α-hetero) is 1. The quantitative estimate of drug-likeness (QED) is 0.208. The van der Waals surface area contributed by atoms with Crippen molar-refractivity contribution < 1.29 is 52.7 Å². The first-order valence-electron chi connectivity index (χ1n) is 13.4. The first-order chi connectivity index (χ1) is 20.5. The Kier molecular flexibility index (Phi) is 10.8. The van der Waals surface area contributed by atoms with Gasteiger partial charge in [0.2, 0.25) is 5.91 Å². The van der Waals surface area contributed by atoms with Crippen LogP contribution in [0.1, 0.15) is 41.8 Å². The summed E-state index contributed by atoms with van der Waals surface area (Å²) in [4.78, 5) is 48.2. The molecule has 1 aliphatic carbocycles. The van der Waals surface area contributed by atoms with E-state index in [9.17, 15) is 19.2 Å². The van der Waals surface area contributed by atoms with Gasteiger partial charge >= 0.3 is 11.9 Å². The number of hydrogen-bond donors (Lipinski definition) is 2. The Morgan fingerprint density at radius 3 is 2.44 bits per heavy atom. The first kappa shape index (κ1) is 32.4. The van der Waals surface area contributed by atoms with Gasteiger partial charge in [0, 0.05) is 61.2 Å². The number of ether oxygens (including phenoxy) is 4. The maximum absolute atomic E-state index is 15.5. The molecule has 2 atom stereocenters. The number of carboxylic acids is 2. The van der Waals surface area contributed by atoms with Crippen molar-refractivity contribution in [1.29, 1.82) is 0 Å². The number of benzene rings is 1. The number of ketones is 1. The highest BCUT2D eigenvalue weighted by molar-refractivity contribution is 7.21. The lowest BCUT2D eigenvalue weighted by molar-refractivity contribution is -0.140. The van der Waals surface area contributed by atoms with E-state index in [-0.39, 0.29) is 74.4 Å². The molecular formula is C29H31ClFNO10S. The van der Waals surface area contributed by atoms with Crippen molar-refractivity contribution in [3.05, 3.63) is 45.1 Å². The lowest BCUT2D eigenvalue weighted by Gasteiger charge is -2.28. The number of carbonyl (C=O) groups is 4. The molecule has 1 saturated heterocycles. The average molecular weight is 640 g/mol. The van der Waals surface area contributed by atoms with Crippen LogP contribution in [0.25, 0.3) is 10.1 Å². The van der Waals surface area contributed by atoms with E-state index < -0.39 is 30.0 Å². The van der Waals surface area contributed by atoms with Crippen molar-refractivity contribution in [2.45, 2.75) is 44.3 Å². The van der Waals surface area contributed by atoms with Gasteiger partial charge in [0.1, 0.15) is 18.0 Å². The normalized spacial score (nSPS) is 18.0. The Bertz CT molecular complexity index is 1490. The lowest BCUT2D eigenvalue weighted by Crippen LogP contribution is -2.34. The van der Waals surface area contributed by atoms with Gasteiger partial charge in [0.05, 0.1) is 43.1 Å². The Balaban J connectivity index is 1.36. The molecule has 2 heterocycles. The Morgan fingerprint density at radius 1 is 1.05 bits per heavy atom. The fraction of sp³-hybridized carbons (Fsp3) is 0.448. The number of hydrogen-bond acceptors (Lipinski definition) is 9. The monoisotopic (exact) mass is 639 g/mol. The number of carbonyl (C=O) groups excluding carboxylic acids is 2. The van der Waals surface area contributed by atoms with Gasteiger partial charge in [0.25, 0.3) is 0 Å². The van der Waals surface area contributed by atoms with Crippen molar-refractivity contribution in [3.8, 4) is 11.5 Å². The van der Waals surface area contributed by atoms with E-state index in [0.717, 1.165) is 0 Å². The summed E-state index contributed by atoms with van der Waals surface area (Å²) in [5, 5.41) is 18.5. The van der Waals surface area contributed by atoms with Gasteiger partial charge in [-0.25, -0.2) is 4.39 Å². The third-order valence-corrected chi connectivity index (χ3v) is 8.55. The SMILES string of the molecule is COc1cc2sc(C(=O)CCC(=O)O)cc2c(Cl)c1OCCCOC1C(F)=C2CN(C(=O)CCC(=O)O)CC2=CC1OC. The van der Waals surface area contributed by atoms with E-state index in [1.807, 2.05) is 0 Å². The molecule has 0 spiro atoms. The van der Waals surface area contributed by atoms with Crippen LogP contribution >= 0.6 is 22.9 Å². The van der Waals surface area contributed by atoms with Crippen LogP contribution < -0.4 is 9.47 Å². The van der Waals surface area contributed by atoms with Crippen LogP contribution in [0.3, 0.4) is 0 Å². The summed E-state index contributed by atoms with van der Waals surface area (Å²) in [6.07, 6.45) is -0.492. The van der Waals surface area contributed by atoms with Gasteiger partial charge in [-0.05, 0) is 17.7 Å². The number of aliphatic carboxylic acids is 2. The van der Waals surface area contributed by atoms with E-state index in [1.54, 1.807) is 18.2 Å². The molecule has 2 unspecified atom stereocenters. The molecule has 0 saturated carbocycles. The van der Waals surface area contributed by atoms with Crippen LogP contribution in [0.2, 0.25) is 5.02 Å². The van der Waals surface area contributed by atoms with E-state index in [4.69, 9.17) is 40.8 Å². The van der Waals surface area contributed by atoms with Crippen molar-refractivity contribution in [1.82, 2.24) is 4.90 Å².